The fraction of sp³-hybridized carbons (Fsp3) is 0.476. The highest BCUT2D eigenvalue weighted by Crippen LogP contribution is 2.46. The first-order valence-corrected chi connectivity index (χ1v) is 21.9. The highest BCUT2D eigenvalue weighted by molar-refractivity contribution is 7.91. The Kier molecular flexibility index (Phi) is 10.1. The maximum atomic E-state index is 14.6. The molecule has 0 unspecified atom stereocenters. The van der Waals surface area contributed by atoms with Gasteiger partial charge in [-0.25, -0.2) is 13.4 Å². The van der Waals surface area contributed by atoms with Gasteiger partial charge in [0.1, 0.15) is 34.8 Å². The Balaban J connectivity index is 1.06. The third-order valence-corrected chi connectivity index (χ3v) is 13.9. The highest BCUT2D eigenvalue weighted by atomic mass is 32.2. The van der Waals surface area contributed by atoms with Gasteiger partial charge in [0, 0.05) is 29.2 Å². The van der Waals surface area contributed by atoms with Crippen LogP contribution < -0.4 is 20.1 Å². The van der Waals surface area contributed by atoms with Gasteiger partial charge in [-0.3, -0.25) is 23.9 Å². The molecular formula is C42H43F3N6O8S. The SMILES string of the molecule is O=C(N[C@H]1CCCCC/C=C\[C@H]2C[C@@]2(C(=O)NS(=O)(=O)C2CC2)NC(=O)[C@@H]2C[C@@H](Oc3nc(-c4ccc(C(F)(F)F)cc4)nc4c3oc3ccccc34)CN2C1=O)C1CC1. The lowest BCUT2D eigenvalue weighted by Crippen LogP contribution is -2.58. The zero-order valence-corrected chi connectivity index (χ0v) is 33.2. The fourth-order valence-electron chi connectivity index (χ4n) is 8.22. The van der Waals surface area contributed by atoms with Crippen molar-refractivity contribution in [2.75, 3.05) is 6.54 Å². The Bertz CT molecular complexity index is 2520. The van der Waals surface area contributed by atoms with E-state index in [2.05, 4.69) is 25.3 Å². The van der Waals surface area contributed by atoms with Gasteiger partial charge < -0.3 is 24.7 Å². The van der Waals surface area contributed by atoms with Crippen LogP contribution >= 0.6 is 0 Å². The van der Waals surface area contributed by atoms with Gasteiger partial charge in [0.2, 0.25) is 33.3 Å². The number of furan rings is 1. The highest BCUT2D eigenvalue weighted by Gasteiger charge is 2.62. The molecule has 9 rings (SSSR count). The zero-order chi connectivity index (χ0) is 42.0. The number of fused-ring (bicyclic) bond motifs is 5. The number of nitrogens with zero attached hydrogens (tertiary/aromatic N) is 3. The summed E-state index contributed by atoms with van der Waals surface area (Å²) in [4.78, 5) is 66.6. The Morgan fingerprint density at radius 2 is 1.73 bits per heavy atom. The molecule has 4 amide bonds. The Labute approximate surface area is 342 Å². The minimum Gasteiger partial charge on any atom is -0.470 e. The number of nitrogens with one attached hydrogen (secondary N) is 3. The number of benzene rings is 2. The molecule has 4 aromatic rings. The average molecular weight is 849 g/mol. The molecule has 316 valence electrons. The van der Waals surface area contributed by atoms with E-state index in [1.807, 2.05) is 12.2 Å². The predicted molar refractivity (Wildman–Crippen MR) is 210 cm³/mol. The molecule has 60 heavy (non-hydrogen) atoms. The van der Waals surface area contributed by atoms with E-state index < -0.39 is 74.4 Å². The minimum absolute atomic E-state index is 0.0456. The summed E-state index contributed by atoms with van der Waals surface area (Å²) in [6, 6.07) is 9.21. The zero-order valence-electron chi connectivity index (χ0n) is 32.4. The van der Waals surface area contributed by atoms with E-state index in [0.29, 0.717) is 48.6 Å². The molecule has 3 saturated carbocycles. The monoisotopic (exact) mass is 848 g/mol. The van der Waals surface area contributed by atoms with Crippen molar-refractivity contribution < 1.29 is 49.9 Å². The molecule has 14 nitrogen and oxygen atoms in total. The number of halogens is 3. The first kappa shape index (κ1) is 39.9. The van der Waals surface area contributed by atoms with Crippen molar-refractivity contribution in [2.45, 2.75) is 106 Å². The van der Waals surface area contributed by atoms with Crippen molar-refractivity contribution in [3.63, 3.8) is 0 Å². The van der Waals surface area contributed by atoms with Gasteiger partial charge in [-0.1, -0.05) is 49.3 Å². The number of aromatic nitrogens is 2. The first-order chi connectivity index (χ1) is 28.7. The summed E-state index contributed by atoms with van der Waals surface area (Å²) in [5, 5.41) is 5.69. The van der Waals surface area contributed by atoms with Crippen LogP contribution in [0.5, 0.6) is 5.88 Å². The molecule has 2 aliphatic heterocycles. The molecule has 0 radical (unpaired) electrons. The summed E-state index contributed by atoms with van der Waals surface area (Å²) >= 11 is 0. The lowest BCUT2D eigenvalue weighted by atomic mass is 10.0. The number of hydrogen-bond donors (Lipinski definition) is 3. The summed E-state index contributed by atoms with van der Waals surface area (Å²) in [5.41, 5.74) is -1.24. The van der Waals surface area contributed by atoms with Crippen LogP contribution in [0.2, 0.25) is 0 Å². The van der Waals surface area contributed by atoms with Crippen molar-refractivity contribution in [3.05, 3.63) is 66.2 Å². The van der Waals surface area contributed by atoms with Crippen LogP contribution in [0.3, 0.4) is 0 Å². The van der Waals surface area contributed by atoms with Gasteiger partial charge in [-0.05, 0) is 75.6 Å². The van der Waals surface area contributed by atoms with E-state index in [-0.39, 0.29) is 54.1 Å². The Morgan fingerprint density at radius 3 is 2.47 bits per heavy atom. The minimum atomic E-state index is -4.56. The van der Waals surface area contributed by atoms with Crippen molar-refractivity contribution in [1.82, 2.24) is 30.2 Å². The number of sulfonamides is 1. The molecule has 2 aromatic heterocycles. The molecule has 4 heterocycles. The van der Waals surface area contributed by atoms with E-state index in [9.17, 15) is 40.8 Å². The normalized spacial score (nSPS) is 26.9. The third kappa shape index (κ3) is 7.92. The van der Waals surface area contributed by atoms with Crippen LogP contribution in [-0.4, -0.2) is 82.4 Å². The maximum absolute atomic E-state index is 14.6. The van der Waals surface area contributed by atoms with Crippen LogP contribution in [0, 0.1) is 11.8 Å². The van der Waals surface area contributed by atoms with Gasteiger partial charge >= 0.3 is 6.18 Å². The van der Waals surface area contributed by atoms with Gasteiger partial charge in [0.25, 0.3) is 11.8 Å². The molecule has 0 spiro atoms. The van der Waals surface area contributed by atoms with E-state index in [4.69, 9.17) is 9.15 Å². The standard InChI is InChI=1S/C42H43F3N6O8S/c43-42(44,45)25-16-14-23(15-17-25)35-47-33-29-9-6-7-11-32(29)59-34(33)38(48-35)58-27-20-31-37(53)49-41(40(55)50-60(56,57)28-18-19-28)21-26(41)8-4-2-1-3-5-10-30(39(54)51(31)22-27)46-36(52)24-12-13-24/h4,6-9,11,14-17,24,26-28,30-31H,1-3,5,10,12-13,18-22H2,(H,46,52)(H,49,53)(H,50,55)/b8-4-/t26-,27+,30-,31-,41+/m0/s1. The number of alkyl halides is 3. The van der Waals surface area contributed by atoms with Crippen LogP contribution in [0.4, 0.5) is 13.2 Å². The lowest BCUT2D eigenvalue weighted by Gasteiger charge is -2.30. The second kappa shape index (κ2) is 15.2. The van der Waals surface area contributed by atoms with Crippen LogP contribution in [0.15, 0.2) is 65.1 Å². The number of carbonyl (C=O) groups is 4. The van der Waals surface area contributed by atoms with Crippen LogP contribution in [0.1, 0.15) is 76.2 Å². The molecule has 5 aliphatic rings. The summed E-state index contributed by atoms with van der Waals surface area (Å²) in [7, 11) is -3.95. The van der Waals surface area contributed by atoms with E-state index in [1.54, 1.807) is 24.3 Å². The number of ether oxygens (including phenoxy) is 1. The third-order valence-electron chi connectivity index (χ3n) is 12.0. The molecule has 18 heteroatoms. The fourth-order valence-corrected chi connectivity index (χ4v) is 9.59. The first-order valence-electron chi connectivity index (χ1n) is 20.4. The summed E-state index contributed by atoms with van der Waals surface area (Å²) < 4.78 is 81.0. The van der Waals surface area contributed by atoms with Crippen molar-refractivity contribution in [1.29, 1.82) is 0 Å². The Morgan fingerprint density at radius 1 is 0.967 bits per heavy atom. The number of carbonyl (C=O) groups excluding carboxylic acids is 4. The number of rotatable bonds is 8. The molecule has 3 aliphatic carbocycles. The Hall–Kier alpha value is -5.52. The number of para-hydroxylation sites is 1. The van der Waals surface area contributed by atoms with Gasteiger partial charge in [0.15, 0.2) is 5.82 Å². The molecule has 1 saturated heterocycles. The lowest BCUT2D eigenvalue weighted by molar-refractivity contribution is -0.142. The van der Waals surface area contributed by atoms with E-state index >= 15 is 0 Å². The van der Waals surface area contributed by atoms with Gasteiger partial charge in [0.05, 0.1) is 17.4 Å². The van der Waals surface area contributed by atoms with Crippen molar-refractivity contribution in [2.24, 2.45) is 11.8 Å². The largest absolute Gasteiger partial charge is 0.470 e. The summed E-state index contributed by atoms with van der Waals surface area (Å²) in [6.07, 6.45) is 3.77. The molecule has 2 aromatic carbocycles. The van der Waals surface area contributed by atoms with Crippen molar-refractivity contribution >= 4 is 55.7 Å². The number of allylic oxidation sites excluding steroid dienone is 1. The molecule has 3 N–H and O–H groups in total. The van der Waals surface area contributed by atoms with Gasteiger partial charge in [-0.15, -0.1) is 0 Å². The molecule has 4 fully saturated rings. The maximum Gasteiger partial charge on any atom is 0.416 e. The number of amides is 4. The second-order valence-corrected chi connectivity index (χ2v) is 18.5. The molecular weight excluding hydrogens is 806 g/mol. The second-order valence-electron chi connectivity index (χ2n) is 16.5. The predicted octanol–water partition coefficient (Wildman–Crippen LogP) is 5.31. The topological polar surface area (TPSA) is 190 Å². The average Bonchev–Trinajstić information content (AvgIpc) is 4.14. The summed E-state index contributed by atoms with van der Waals surface area (Å²) in [5.74, 6) is -2.99. The van der Waals surface area contributed by atoms with E-state index in [1.165, 1.54) is 17.0 Å². The number of hydrogen-bond acceptors (Lipinski definition) is 10. The summed E-state index contributed by atoms with van der Waals surface area (Å²) in [6.45, 7) is -0.146. The van der Waals surface area contributed by atoms with Crippen LogP contribution in [0.25, 0.3) is 33.5 Å². The quantitative estimate of drug-likeness (QED) is 0.196. The van der Waals surface area contributed by atoms with Crippen molar-refractivity contribution in [3.8, 4) is 17.3 Å². The van der Waals surface area contributed by atoms with Crippen LogP contribution in [-0.2, 0) is 35.4 Å². The smallest absolute Gasteiger partial charge is 0.416 e. The van der Waals surface area contributed by atoms with Gasteiger partial charge in [-0.2, -0.15) is 18.2 Å². The molecule has 5 atom stereocenters. The molecule has 0 bridgehead atoms. The van der Waals surface area contributed by atoms with E-state index in [0.717, 1.165) is 37.8 Å².